The average Bonchev–Trinajstić information content (AvgIpc) is 3.15. The van der Waals surface area contributed by atoms with E-state index in [-0.39, 0.29) is 0 Å². The molecule has 1 N–H and O–H groups in total. The molecule has 3 rings (SSSR count). The number of oxime groups is 1. The van der Waals surface area contributed by atoms with Gasteiger partial charge in [-0.05, 0) is 47.7 Å². The molecular formula is C19H16N2O2S. The summed E-state index contributed by atoms with van der Waals surface area (Å²) in [7, 11) is 0. The predicted octanol–water partition coefficient (Wildman–Crippen LogP) is 5.39. The van der Waals surface area contributed by atoms with Gasteiger partial charge in [0.15, 0.2) is 0 Å². The van der Waals surface area contributed by atoms with E-state index in [2.05, 4.69) is 16.5 Å². The van der Waals surface area contributed by atoms with Crippen molar-refractivity contribution in [2.24, 2.45) is 5.16 Å². The molecule has 0 spiro atoms. The number of thiophene rings is 1. The van der Waals surface area contributed by atoms with Crippen molar-refractivity contribution in [1.82, 2.24) is 0 Å². The molecule has 0 aliphatic heterocycles. The maximum atomic E-state index is 11.8. The summed E-state index contributed by atoms with van der Waals surface area (Å²) in [6.45, 7) is 1.81. The molecule has 1 aromatic heterocycles. The van der Waals surface area contributed by atoms with Crippen molar-refractivity contribution in [3.63, 3.8) is 0 Å². The quantitative estimate of drug-likeness (QED) is 0.394. The molecule has 0 aliphatic rings. The van der Waals surface area contributed by atoms with Gasteiger partial charge in [0.2, 0.25) is 0 Å². The van der Waals surface area contributed by atoms with Gasteiger partial charge in [0, 0.05) is 10.6 Å². The monoisotopic (exact) mass is 336 g/mol. The first-order chi connectivity index (χ1) is 11.7. The number of anilines is 1. The first kappa shape index (κ1) is 16.0. The second-order valence-electron chi connectivity index (χ2n) is 5.10. The standard InChI is InChI=1S/C19H16N2O2S/c1-14(21-23-19(22)20-17-9-3-2-4-10-17)15-7-5-8-16(13-15)18-11-6-12-24-18/h2-13H,1H3,(H,20,22)/b21-14-. The Bertz CT molecular complexity index is 843. The first-order valence-electron chi connectivity index (χ1n) is 7.44. The lowest BCUT2D eigenvalue weighted by Crippen LogP contribution is -2.11. The first-order valence-corrected chi connectivity index (χ1v) is 8.32. The Balaban J connectivity index is 1.67. The van der Waals surface area contributed by atoms with Crippen LogP contribution in [0, 0.1) is 0 Å². The molecule has 0 aliphatic carbocycles. The van der Waals surface area contributed by atoms with Gasteiger partial charge in [-0.2, -0.15) is 0 Å². The Morgan fingerprint density at radius 2 is 1.88 bits per heavy atom. The van der Waals surface area contributed by atoms with E-state index in [9.17, 15) is 4.79 Å². The molecule has 1 heterocycles. The Kier molecular flexibility index (Phi) is 5.03. The van der Waals surface area contributed by atoms with Crippen LogP contribution in [0.4, 0.5) is 10.5 Å². The van der Waals surface area contributed by atoms with Crippen molar-refractivity contribution in [3.8, 4) is 10.4 Å². The molecule has 0 unspecified atom stereocenters. The number of nitrogens with zero attached hydrogens (tertiary/aromatic N) is 1. The number of para-hydroxylation sites is 1. The summed E-state index contributed by atoms with van der Waals surface area (Å²) in [6, 6.07) is 21.2. The molecule has 0 bridgehead atoms. The molecule has 0 saturated carbocycles. The molecule has 0 fully saturated rings. The topological polar surface area (TPSA) is 50.7 Å². The zero-order valence-corrected chi connectivity index (χ0v) is 13.9. The highest BCUT2D eigenvalue weighted by molar-refractivity contribution is 7.13. The molecular weight excluding hydrogens is 320 g/mol. The third-order valence-electron chi connectivity index (χ3n) is 3.37. The minimum Gasteiger partial charge on any atom is -0.298 e. The molecule has 0 atom stereocenters. The molecule has 24 heavy (non-hydrogen) atoms. The van der Waals surface area contributed by atoms with Gasteiger partial charge in [-0.3, -0.25) is 10.2 Å². The van der Waals surface area contributed by atoms with E-state index in [4.69, 9.17) is 4.84 Å². The van der Waals surface area contributed by atoms with Crippen LogP contribution in [0.5, 0.6) is 0 Å². The predicted molar refractivity (Wildman–Crippen MR) is 98.5 cm³/mol. The van der Waals surface area contributed by atoms with Gasteiger partial charge in [-0.25, -0.2) is 4.79 Å². The lowest BCUT2D eigenvalue weighted by atomic mass is 10.1. The molecule has 5 heteroatoms. The van der Waals surface area contributed by atoms with Crippen molar-refractivity contribution in [3.05, 3.63) is 77.7 Å². The van der Waals surface area contributed by atoms with E-state index in [1.807, 2.05) is 60.8 Å². The highest BCUT2D eigenvalue weighted by atomic mass is 32.1. The second-order valence-corrected chi connectivity index (χ2v) is 6.05. The highest BCUT2D eigenvalue weighted by Crippen LogP contribution is 2.25. The van der Waals surface area contributed by atoms with Crippen molar-refractivity contribution in [1.29, 1.82) is 0 Å². The third kappa shape index (κ3) is 4.08. The summed E-state index contributed by atoms with van der Waals surface area (Å²) in [5.74, 6) is 0. The van der Waals surface area contributed by atoms with E-state index in [0.717, 1.165) is 11.1 Å². The minimum absolute atomic E-state index is 0.616. The molecule has 1 amide bonds. The molecule has 120 valence electrons. The lowest BCUT2D eigenvalue weighted by Gasteiger charge is -2.05. The summed E-state index contributed by atoms with van der Waals surface area (Å²) in [6.07, 6.45) is -0.616. The van der Waals surface area contributed by atoms with E-state index in [1.54, 1.807) is 23.5 Å². The summed E-state index contributed by atoms with van der Waals surface area (Å²) in [5, 5.41) is 8.58. The molecule has 3 aromatic rings. The minimum atomic E-state index is -0.616. The lowest BCUT2D eigenvalue weighted by molar-refractivity contribution is 0.166. The third-order valence-corrected chi connectivity index (χ3v) is 4.29. The molecule has 0 radical (unpaired) electrons. The number of carbonyl (C=O) groups excluding carboxylic acids is 1. The Morgan fingerprint density at radius 1 is 1.04 bits per heavy atom. The van der Waals surface area contributed by atoms with Crippen LogP contribution < -0.4 is 5.32 Å². The van der Waals surface area contributed by atoms with Crippen LogP contribution in [0.1, 0.15) is 12.5 Å². The number of rotatable bonds is 4. The zero-order valence-electron chi connectivity index (χ0n) is 13.1. The van der Waals surface area contributed by atoms with E-state index in [0.29, 0.717) is 11.4 Å². The van der Waals surface area contributed by atoms with Gasteiger partial charge in [0.1, 0.15) is 0 Å². The number of hydrogen-bond donors (Lipinski definition) is 1. The maximum Gasteiger partial charge on any atom is 0.437 e. The van der Waals surface area contributed by atoms with Crippen LogP contribution in [0.15, 0.2) is 77.3 Å². The van der Waals surface area contributed by atoms with Crippen molar-refractivity contribution in [2.75, 3.05) is 5.32 Å². The number of hydrogen-bond acceptors (Lipinski definition) is 4. The van der Waals surface area contributed by atoms with E-state index >= 15 is 0 Å². The van der Waals surface area contributed by atoms with Crippen LogP contribution in [0.2, 0.25) is 0 Å². The van der Waals surface area contributed by atoms with Gasteiger partial charge >= 0.3 is 6.09 Å². The fourth-order valence-electron chi connectivity index (χ4n) is 2.17. The summed E-state index contributed by atoms with van der Waals surface area (Å²) >= 11 is 1.68. The molecule has 2 aromatic carbocycles. The normalized spacial score (nSPS) is 11.1. The van der Waals surface area contributed by atoms with Crippen molar-refractivity contribution < 1.29 is 9.63 Å². The second kappa shape index (κ2) is 7.57. The number of amides is 1. The largest absolute Gasteiger partial charge is 0.437 e. The SMILES string of the molecule is C/C(=N/OC(=O)Nc1ccccc1)c1cccc(-c2cccs2)c1. The maximum absolute atomic E-state index is 11.8. The number of nitrogens with one attached hydrogen (secondary N) is 1. The smallest absolute Gasteiger partial charge is 0.298 e. The van der Waals surface area contributed by atoms with Gasteiger partial charge < -0.3 is 0 Å². The average molecular weight is 336 g/mol. The van der Waals surface area contributed by atoms with Gasteiger partial charge in [-0.1, -0.05) is 47.6 Å². The van der Waals surface area contributed by atoms with Crippen molar-refractivity contribution in [2.45, 2.75) is 6.92 Å². The summed E-state index contributed by atoms with van der Waals surface area (Å²) in [5.41, 5.74) is 3.32. The van der Waals surface area contributed by atoms with Crippen LogP contribution in [0.3, 0.4) is 0 Å². The van der Waals surface area contributed by atoms with Crippen LogP contribution >= 0.6 is 11.3 Å². The van der Waals surface area contributed by atoms with Crippen LogP contribution in [-0.4, -0.2) is 11.8 Å². The molecule has 0 saturated heterocycles. The van der Waals surface area contributed by atoms with E-state index < -0.39 is 6.09 Å². The van der Waals surface area contributed by atoms with E-state index in [1.165, 1.54) is 4.88 Å². The number of benzene rings is 2. The fourth-order valence-corrected chi connectivity index (χ4v) is 2.89. The fraction of sp³-hybridized carbons (Fsp3) is 0.0526. The van der Waals surface area contributed by atoms with Gasteiger partial charge in [0.05, 0.1) is 5.71 Å². The Labute approximate surface area is 144 Å². The van der Waals surface area contributed by atoms with Crippen LogP contribution in [-0.2, 0) is 4.84 Å². The van der Waals surface area contributed by atoms with Gasteiger partial charge in [0.25, 0.3) is 0 Å². The van der Waals surface area contributed by atoms with Crippen molar-refractivity contribution >= 4 is 28.8 Å². The zero-order chi connectivity index (χ0) is 16.8. The Hall–Kier alpha value is -2.92. The Morgan fingerprint density at radius 3 is 2.62 bits per heavy atom. The molecule has 4 nitrogen and oxygen atoms in total. The van der Waals surface area contributed by atoms with Crippen LogP contribution in [0.25, 0.3) is 10.4 Å². The summed E-state index contributed by atoms with van der Waals surface area (Å²) < 4.78 is 0. The highest BCUT2D eigenvalue weighted by Gasteiger charge is 2.05. The summed E-state index contributed by atoms with van der Waals surface area (Å²) in [4.78, 5) is 17.9. The van der Waals surface area contributed by atoms with Gasteiger partial charge in [-0.15, -0.1) is 11.3 Å². The number of carbonyl (C=O) groups is 1.